The van der Waals surface area contributed by atoms with Gasteiger partial charge in [-0.1, -0.05) is 109 Å². The second kappa shape index (κ2) is 9.43. The van der Waals surface area contributed by atoms with Crippen molar-refractivity contribution in [1.29, 1.82) is 0 Å². The molecule has 0 atom stereocenters. The molecule has 12 rings (SSSR count). The molecule has 0 bridgehead atoms. The number of aromatic nitrogens is 3. The molecule has 0 fully saturated rings. The van der Waals surface area contributed by atoms with E-state index < -0.39 is 0 Å². The van der Waals surface area contributed by atoms with Crippen molar-refractivity contribution in [3.8, 4) is 39.5 Å². The number of rotatable bonds is 2. The number of fused-ring (bicyclic) bond motifs is 8. The summed E-state index contributed by atoms with van der Waals surface area (Å²) in [4.78, 5) is 10.9. The molecule has 1 aliphatic carbocycles. The Morgan fingerprint density at radius 1 is 0.420 bits per heavy atom. The maximum Gasteiger partial charge on any atom is 0.235 e. The summed E-state index contributed by atoms with van der Waals surface area (Å²) in [5.41, 5.74) is 11.8. The van der Waals surface area contributed by atoms with Gasteiger partial charge in [0, 0.05) is 32.5 Å². The standard InChI is InChI=1S/C46H25N3O/c1-2-12-29-26(9-1)21-23-36-42(29)45(28-22-24-40-35(25-28)30-13-3-4-20-39(30)50-40)48-46(47-36)49-37-18-7-16-33-31-14-5-10-27-11-6-15-32(41(27)31)34-17-8-19-38(49)44(34)43(33)37/h1-25H. The summed E-state index contributed by atoms with van der Waals surface area (Å²) < 4.78 is 8.50. The van der Waals surface area contributed by atoms with Crippen LogP contribution >= 0.6 is 0 Å². The SMILES string of the molecule is c1cc2c3c(cccc3c1)-c1cccc3c1c1c-2cccc1n3-c1nc(-c2ccc3oc4ccccc4c3c2)c2c(ccc3ccccc32)n1. The minimum Gasteiger partial charge on any atom is -0.456 e. The summed E-state index contributed by atoms with van der Waals surface area (Å²) in [7, 11) is 0. The molecule has 1 aliphatic rings. The fourth-order valence-electron chi connectivity index (χ4n) is 8.64. The summed E-state index contributed by atoms with van der Waals surface area (Å²) in [5.74, 6) is 0.654. The lowest BCUT2D eigenvalue weighted by atomic mass is 9.93. The molecule has 0 radical (unpaired) electrons. The van der Waals surface area contributed by atoms with Gasteiger partial charge in [0.25, 0.3) is 0 Å². The molecule has 0 aliphatic heterocycles. The van der Waals surface area contributed by atoms with Gasteiger partial charge in [-0.2, -0.15) is 0 Å². The van der Waals surface area contributed by atoms with Crippen LogP contribution in [0.5, 0.6) is 0 Å². The van der Waals surface area contributed by atoms with Crippen molar-refractivity contribution in [2.24, 2.45) is 0 Å². The van der Waals surface area contributed by atoms with E-state index in [2.05, 4.69) is 144 Å². The van der Waals surface area contributed by atoms with E-state index in [-0.39, 0.29) is 0 Å². The number of benzene rings is 8. The molecule has 0 spiro atoms. The van der Waals surface area contributed by atoms with E-state index >= 15 is 0 Å². The topological polar surface area (TPSA) is 43.9 Å². The number of hydrogen-bond acceptors (Lipinski definition) is 3. The lowest BCUT2D eigenvalue weighted by Crippen LogP contribution is -2.04. The summed E-state index contributed by atoms with van der Waals surface area (Å²) in [6.07, 6.45) is 0. The third-order valence-corrected chi connectivity index (χ3v) is 10.7. The van der Waals surface area contributed by atoms with Crippen LogP contribution in [0.25, 0.3) is 116 Å². The van der Waals surface area contributed by atoms with Gasteiger partial charge in [0.2, 0.25) is 5.95 Å². The first-order chi connectivity index (χ1) is 24.8. The number of nitrogens with zero attached hydrogens (tertiary/aromatic N) is 3. The summed E-state index contributed by atoms with van der Waals surface area (Å²) in [6.45, 7) is 0. The number of para-hydroxylation sites is 1. The Morgan fingerprint density at radius 3 is 1.80 bits per heavy atom. The first kappa shape index (κ1) is 26.2. The van der Waals surface area contributed by atoms with Crippen LogP contribution in [0.15, 0.2) is 156 Å². The van der Waals surface area contributed by atoms with E-state index in [1.54, 1.807) is 0 Å². The van der Waals surface area contributed by atoms with E-state index in [1.165, 1.54) is 43.8 Å². The molecular weight excluding hydrogens is 611 g/mol. The van der Waals surface area contributed by atoms with E-state index in [0.717, 1.165) is 65.9 Å². The molecular formula is C46H25N3O. The van der Waals surface area contributed by atoms with Gasteiger partial charge in [0.15, 0.2) is 0 Å². The zero-order chi connectivity index (χ0) is 32.5. The molecule has 4 nitrogen and oxygen atoms in total. The van der Waals surface area contributed by atoms with Crippen molar-refractivity contribution in [2.75, 3.05) is 0 Å². The molecule has 11 aromatic rings. The Labute approximate surface area is 285 Å². The van der Waals surface area contributed by atoms with E-state index in [4.69, 9.17) is 14.4 Å². The van der Waals surface area contributed by atoms with Crippen molar-refractivity contribution in [3.63, 3.8) is 0 Å². The lowest BCUT2D eigenvalue weighted by Gasteiger charge is -2.15. The van der Waals surface area contributed by atoms with Crippen LogP contribution in [0.2, 0.25) is 0 Å². The summed E-state index contributed by atoms with van der Waals surface area (Å²) >= 11 is 0. The average molecular weight is 636 g/mol. The van der Waals surface area contributed by atoms with Gasteiger partial charge in [-0.25, -0.2) is 9.97 Å². The second-order valence-corrected chi connectivity index (χ2v) is 13.3. The largest absolute Gasteiger partial charge is 0.456 e. The third kappa shape index (κ3) is 3.34. The minimum absolute atomic E-state index is 0.654. The van der Waals surface area contributed by atoms with Crippen LogP contribution in [0.3, 0.4) is 0 Å². The first-order valence-electron chi connectivity index (χ1n) is 17.0. The highest BCUT2D eigenvalue weighted by molar-refractivity contribution is 6.27. The van der Waals surface area contributed by atoms with E-state index in [9.17, 15) is 0 Å². The van der Waals surface area contributed by atoms with Gasteiger partial charge in [-0.15, -0.1) is 0 Å². The van der Waals surface area contributed by atoms with Crippen molar-refractivity contribution < 1.29 is 4.42 Å². The Kier molecular flexibility index (Phi) is 4.94. The fourth-order valence-corrected chi connectivity index (χ4v) is 8.64. The predicted octanol–water partition coefficient (Wildman–Crippen LogP) is 12.2. The van der Waals surface area contributed by atoms with Crippen LogP contribution < -0.4 is 0 Å². The number of furan rings is 1. The molecule has 3 aromatic heterocycles. The maximum atomic E-state index is 6.23. The van der Waals surface area contributed by atoms with Crippen LogP contribution in [0.1, 0.15) is 0 Å². The van der Waals surface area contributed by atoms with Crippen molar-refractivity contribution in [3.05, 3.63) is 152 Å². The van der Waals surface area contributed by atoms with Crippen molar-refractivity contribution >= 4 is 76.2 Å². The van der Waals surface area contributed by atoms with Gasteiger partial charge in [-0.05, 0) is 86.3 Å². The van der Waals surface area contributed by atoms with Gasteiger partial charge < -0.3 is 4.42 Å². The Bertz CT molecular complexity index is 3180. The van der Waals surface area contributed by atoms with Crippen LogP contribution in [0.4, 0.5) is 0 Å². The number of hydrogen-bond donors (Lipinski definition) is 0. The first-order valence-corrected chi connectivity index (χ1v) is 17.0. The maximum absolute atomic E-state index is 6.23. The molecule has 230 valence electrons. The molecule has 0 saturated heterocycles. The second-order valence-electron chi connectivity index (χ2n) is 13.3. The van der Waals surface area contributed by atoms with Crippen molar-refractivity contribution in [1.82, 2.24) is 14.5 Å². The molecule has 4 heteroatoms. The van der Waals surface area contributed by atoms with Crippen molar-refractivity contribution in [2.45, 2.75) is 0 Å². The van der Waals surface area contributed by atoms with Crippen LogP contribution in [0, 0.1) is 0 Å². The monoisotopic (exact) mass is 635 g/mol. The third-order valence-electron chi connectivity index (χ3n) is 10.7. The normalized spacial score (nSPS) is 12.4. The summed E-state index contributed by atoms with van der Waals surface area (Å²) in [6, 6.07) is 54.1. The van der Waals surface area contributed by atoms with Gasteiger partial charge in [0.05, 0.1) is 22.2 Å². The lowest BCUT2D eigenvalue weighted by molar-refractivity contribution is 0.669. The Balaban J connectivity index is 1.22. The fraction of sp³-hybridized carbons (Fsp3) is 0. The highest BCUT2D eigenvalue weighted by Gasteiger charge is 2.26. The van der Waals surface area contributed by atoms with Crippen LogP contribution in [-0.4, -0.2) is 14.5 Å². The van der Waals surface area contributed by atoms with Gasteiger partial charge >= 0.3 is 0 Å². The zero-order valence-electron chi connectivity index (χ0n) is 26.7. The molecule has 0 unspecified atom stereocenters. The minimum atomic E-state index is 0.654. The summed E-state index contributed by atoms with van der Waals surface area (Å²) in [5, 5.41) is 10.5. The Hall–Kier alpha value is -6.78. The molecule has 8 aromatic carbocycles. The molecule has 3 heterocycles. The average Bonchev–Trinajstić information content (AvgIpc) is 3.68. The van der Waals surface area contributed by atoms with Gasteiger partial charge in [-0.3, -0.25) is 4.57 Å². The van der Waals surface area contributed by atoms with E-state index in [0.29, 0.717) is 5.95 Å². The predicted molar refractivity (Wildman–Crippen MR) is 206 cm³/mol. The zero-order valence-corrected chi connectivity index (χ0v) is 26.7. The smallest absolute Gasteiger partial charge is 0.235 e. The van der Waals surface area contributed by atoms with E-state index in [1.807, 2.05) is 12.1 Å². The Morgan fingerprint density at radius 2 is 1.04 bits per heavy atom. The molecule has 50 heavy (non-hydrogen) atoms. The molecule has 0 N–H and O–H groups in total. The highest BCUT2D eigenvalue weighted by Crippen LogP contribution is 2.49. The van der Waals surface area contributed by atoms with Gasteiger partial charge in [0.1, 0.15) is 11.2 Å². The van der Waals surface area contributed by atoms with Crippen LogP contribution in [-0.2, 0) is 0 Å². The molecule has 0 saturated carbocycles. The quantitative estimate of drug-likeness (QED) is 0.178. The molecule has 0 amide bonds. The highest BCUT2D eigenvalue weighted by atomic mass is 16.3.